The zero-order valence-electron chi connectivity index (χ0n) is 9.04. The van der Waals surface area contributed by atoms with Crippen molar-refractivity contribution in [1.82, 2.24) is 0 Å². The highest BCUT2D eigenvalue weighted by Crippen LogP contribution is 2.30. The van der Waals surface area contributed by atoms with Crippen LogP contribution in [0.25, 0.3) is 0 Å². The normalized spacial score (nSPS) is 15.4. The molecule has 6 heteroatoms. The summed E-state index contributed by atoms with van der Waals surface area (Å²) in [7, 11) is -3.19. The van der Waals surface area contributed by atoms with Gasteiger partial charge in [-0.3, -0.25) is 4.79 Å². The molecule has 0 aromatic heterocycles. The average Bonchev–Trinajstić information content (AvgIpc) is 2.16. The van der Waals surface area contributed by atoms with Crippen molar-refractivity contribution in [2.75, 3.05) is 0 Å². The number of sulfone groups is 1. The Morgan fingerprint density at radius 1 is 1.24 bits per heavy atom. The lowest BCUT2D eigenvalue weighted by Gasteiger charge is -2.25. The highest BCUT2D eigenvalue weighted by Gasteiger charge is 2.32. The first-order valence-corrected chi connectivity index (χ1v) is 6.64. The first-order chi connectivity index (χ1) is 8.02. The van der Waals surface area contributed by atoms with E-state index in [1.165, 1.54) is 24.3 Å². The first-order valence-electron chi connectivity index (χ1n) is 5.09. The van der Waals surface area contributed by atoms with Gasteiger partial charge in [-0.1, -0.05) is 6.42 Å². The van der Waals surface area contributed by atoms with Crippen molar-refractivity contribution in [2.45, 2.75) is 29.4 Å². The van der Waals surface area contributed by atoms with Gasteiger partial charge in [0.15, 0.2) is 9.84 Å². The van der Waals surface area contributed by atoms with E-state index in [-0.39, 0.29) is 16.6 Å². The Labute approximate surface area is 99.0 Å². The van der Waals surface area contributed by atoms with Crippen molar-refractivity contribution in [3.05, 3.63) is 30.1 Å². The van der Waals surface area contributed by atoms with Crippen LogP contribution >= 0.6 is 0 Å². The third-order valence-corrected chi connectivity index (χ3v) is 4.91. The third-order valence-electron chi connectivity index (χ3n) is 2.63. The van der Waals surface area contributed by atoms with Gasteiger partial charge in [-0.25, -0.2) is 12.8 Å². The summed E-state index contributed by atoms with van der Waals surface area (Å²) in [5.41, 5.74) is 0. The van der Waals surface area contributed by atoms with Crippen LogP contribution in [0.5, 0.6) is 0 Å². The summed E-state index contributed by atoms with van der Waals surface area (Å²) in [6.45, 7) is -0.250. The van der Waals surface area contributed by atoms with Gasteiger partial charge in [0.05, 0.1) is 10.1 Å². The molecule has 0 heterocycles. The van der Waals surface area contributed by atoms with Gasteiger partial charge in [-0.15, -0.1) is 0 Å². The Hall–Kier alpha value is -1.43. The van der Waals surface area contributed by atoms with Gasteiger partial charge in [0.2, 0.25) is 0 Å². The van der Waals surface area contributed by atoms with Gasteiger partial charge in [0.1, 0.15) is 5.82 Å². The minimum absolute atomic E-state index is 0.239. The van der Waals surface area contributed by atoms with E-state index in [2.05, 4.69) is 0 Å². The van der Waals surface area contributed by atoms with Gasteiger partial charge >= 0.3 is 0 Å². The first kappa shape index (κ1) is 13.6. The van der Waals surface area contributed by atoms with Crippen molar-refractivity contribution >= 4 is 16.3 Å². The Kier molecular flexibility index (Phi) is 4.62. The summed E-state index contributed by atoms with van der Waals surface area (Å²) in [5.74, 6) is -0.405. The number of carboxylic acid groups (broad SMARTS) is 1. The molecule has 1 aromatic rings. The summed E-state index contributed by atoms with van der Waals surface area (Å²) in [6.07, 6.45) is 2.45. The molecule has 17 heavy (non-hydrogen) atoms. The van der Waals surface area contributed by atoms with E-state index in [1.807, 2.05) is 0 Å². The molecule has 1 aliphatic rings. The summed E-state index contributed by atoms with van der Waals surface area (Å²) in [4.78, 5) is 8.60. The van der Waals surface area contributed by atoms with Gasteiger partial charge in [-0.05, 0) is 37.1 Å². The lowest BCUT2D eigenvalue weighted by atomic mass is 10.00. The summed E-state index contributed by atoms with van der Waals surface area (Å²) in [5, 5.41) is 6.65. The summed E-state index contributed by atoms with van der Waals surface area (Å²) < 4.78 is 36.2. The van der Waals surface area contributed by atoms with Crippen LogP contribution in [0.3, 0.4) is 0 Å². The lowest BCUT2D eigenvalue weighted by molar-refractivity contribution is -0.122. The largest absolute Gasteiger partial charge is 0.483 e. The molecular formula is C11H13FO4S. The highest BCUT2D eigenvalue weighted by atomic mass is 32.2. The van der Waals surface area contributed by atoms with E-state index < -0.39 is 15.7 Å². The minimum atomic E-state index is -3.19. The Morgan fingerprint density at radius 2 is 1.71 bits per heavy atom. The zero-order valence-corrected chi connectivity index (χ0v) is 9.86. The van der Waals surface area contributed by atoms with E-state index in [4.69, 9.17) is 9.90 Å². The van der Waals surface area contributed by atoms with Crippen molar-refractivity contribution < 1.29 is 22.7 Å². The molecule has 0 spiro atoms. The van der Waals surface area contributed by atoms with Crippen LogP contribution in [-0.2, 0) is 14.6 Å². The molecule has 2 rings (SSSR count). The molecule has 4 nitrogen and oxygen atoms in total. The second kappa shape index (κ2) is 5.77. The molecule has 94 valence electrons. The van der Waals surface area contributed by atoms with Gasteiger partial charge in [0.25, 0.3) is 6.47 Å². The maximum absolute atomic E-state index is 12.6. The van der Waals surface area contributed by atoms with Crippen LogP contribution in [-0.4, -0.2) is 25.2 Å². The highest BCUT2D eigenvalue weighted by molar-refractivity contribution is 7.92. The third kappa shape index (κ3) is 3.26. The number of halogens is 1. The van der Waals surface area contributed by atoms with Crippen LogP contribution in [0.2, 0.25) is 0 Å². The number of carbonyl (C=O) groups is 1. The van der Waals surface area contributed by atoms with E-state index in [9.17, 15) is 12.8 Å². The maximum Gasteiger partial charge on any atom is 0.290 e. The van der Waals surface area contributed by atoms with Crippen molar-refractivity contribution in [2.24, 2.45) is 0 Å². The molecule has 0 amide bonds. The predicted molar refractivity (Wildman–Crippen MR) is 59.9 cm³/mol. The smallest absolute Gasteiger partial charge is 0.290 e. The summed E-state index contributed by atoms with van der Waals surface area (Å²) in [6, 6.07) is 5.04. The van der Waals surface area contributed by atoms with Crippen molar-refractivity contribution in [3.8, 4) is 0 Å². The molecule has 0 bridgehead atoms. The fourth-order valence-corrected chi connectivity index (χ4v) is 3.35. The Balaban J connectivity index is 0.000000437. The molecular weight excluding hydrogens is 247 g/mol. The minimum Gasteiger partial charge on any atom is -0.483 e. The van der Waals surface area contributed by atoms with Crippen LogP contribution in [0, 0.1) is 5.82 Å². The number of hydrogen-bond acceptors (Lipinski definition) is 3. The number of benzene rings is 1. The standard InChI is InChI=1S/C10H11FO2S.CH2O2/c11-8-4-6-10(7-5-8)14(12,13)9-2-1-3-9;2-1-3/h4-7,9H,1-3H2;1H,(H,2,3). The Bertz CT molecular complexity index is 463. The molecule has 1 aromatic carbocycles. The molecule has 1 fully saturated rings. The molecule has 1 aliphatic carbocycles. The molecule has 0 unspecified atom stereocenters. The Morgan fingerprint density at radius 3 is 2.06 bits per heavy atom. The van der Waals surface area contributed by atoms with Crippen LogP contribution in [0.15, 0.2) is 29.2 Å². The van der Waals surface area contributed by atoms with Crippen LogP contribution in [0.1, 0.15) is 19.3 Å². The van der Waals surface area contributed by atoms with Crippen LogP contribution < -0.4 is 0 Å². The van der Waals surface area contributed by atoms with E-state index >= 15 is 0 Å². The molecule has 1 saturated carbocycles. The predicted octanol–water partition coefficient (Wildman–Crippen LogP) is 1.85. The van der Waals surface area contributed by atoms with Crippen LogP contribution in [0.4, 0.5) is 4.39 Å². The topological polar surface area (TPSA) is 71.4 Å². The van der Waals surface area contributed by atoms with Gasteiger partial charge in [0, 0.05) is 0 Å². The molecule has 0 saturated heterocycles. The van der Waals surface area contributed by atoms with Crippen molar-refractivity contribution in [3.63, 3.8) is 0 Å². The van der Waals surface area contributed by atoms with E-state index in [0.29, 0.717) is 0 Å². The average molecular weight is 260 g/mol. The SMILES string of the molecule is O=CO.O=S(=O)(c1ccc(F)cc1)C1CCC1. The second-order valence-electron chi connectivity index (χ2n) is 3.66. The fourth-order valence-electron chi connectivity index (χ4n) is 1.50. The molecule has 0 aliphatic heterocycles. The quantitative estimate of drug-likeness (QED) is 0.650. The van der Waals surface area contributed by atoms with E-state index in [1.54, 1.807) is 0 Å². The number of hydrogen-bond donors (Lipinski definition) is 1. The second-order valence-corrected chi connectivity index (χ2v) is 5.89. The monoisotopic (exact) mass is 260 g/mol. The molecule has 1 N–H and O–H groups in total. The molecule has 0 atom stereocenters. The number of rotatable bonds is 2. The molecule has 0 radical (unpaired) electrons. The maximum atomic E-state index is 12.6. The lowest BCUT2D eigenvalue weighted by Crippen LogP contribution is -2.28. The fraction of sp³-hybridized carbons (Fsp3) is 0.364. The summed E-state index contributed by atoms with van der Waals surface area (Å²) >= 11 is 0. The van der Waals surface area contributed by atoms with Gasteiger partial charge in [-0.2, -0.15) is 0 Å². The van der Waals surface area contributed by atoms with E-state index in [0.717, 1.165) is 19.3 Å². The zero-order chi connectivity index (χ0) is 12.9. The van der Waals surface area contributed by atoms with Gasteiger partial charge < -0.3 is 5.11 Å². The van der Waals surface area contributed by atoms with Crippen molar-refractivity contribution in [1.29, 1.82) is 0 Å².